The number of nitrogens with one attached hydrogen (secondary N) is 1. The van der Waals surface area contributed by atoms with Gasteiger partial charge in [-0.1, -0.05) is 30.3 Å². The third kappa shape index (κ3) is 5.34. The van der Waals surface area contributed by atoms with Crippen LogP contribution < -0.4 is 15.8 Å². The van der Waals surface area contributed by atoms with Crippen LogP contribution in [0.3, 0.4) is 0 Å². The summed E-state index contributed by atoms with van der Waals surface area (Å²) >= 11 is 0. The second kappa shape index (κ2) is 9.62. The fraction of sp³-hybridized carbons (Fsp3) is 0.316. The lowest BCUT2D eigenvalue weighted by atomic mass is 10.1. The summed E-state index contributed by atoms with van der Waals surface area (Å²) in [7, 11) is 1.68. The molecule has 134 valence electrons. The summed E-state index contributed by atoms with van der Waals surface area (Å²) in [5, 5.41) is 3.15. The zero-order valence-electron chi connectivity index (χ0n) is 14.3. The third-order valence-corrected chi connectivity index (χ3v) is 4.02. The average molecular weight is 453 g/mol. The lowest BCUT2D eigenvalue weighted by molar-refractivity contribution is 0.185. The van der Waals surface area contributed by atoms with Crippen LogP contribution in [0.5, 0.6) is 5.75 Å². The van der Waals surface area contributed by atoms with Crippen LogP contribution >= 0.6 is 24.0 Å². The first kappa shape index (κ1) is 19.5. The Bertz CT molecular complexity index is 734. The second-order valence-corrected chi connectivity index (χ2v) is 5.77. The first-order valence-corrected chi connectivity index (χ1v) is 8.14. The van der Waals surface area contributed by atoms with E-state index in [1.54, 1.807) is 7.11 Å². The van der Waals surface area contributed by atoms with E-state index in [0.29, 0.717) is 19.1 Å². The minimum Gasteiger partial charge on any atom is -0.493 e. The minimum absolute atomic E-state index is 0. The molecule has 0 aromatic heterocycles. The van der Waals surface area contributed by atoms with Gasteiger partial charge >= 0.3 is 0 Å². The molecule has 0 saturated carbocycles. The van der Waals surface area contributed by atoms with Crippen molar-refractivity contribution in [3.63, 3.8) is 0 Å². The maximum Gasteiger partial charge on any atom is 0.193 e. The maximum absolute atomic E-state index is 6.00. The molecule has 0 atom stereocenters. The van der Waals surface area contributed by atoms with Crippen LogP contribution in [0.1, 0.15) is 16.7 Å². The Kier molecular flexibility index (Phi) is 7.52. The van der Waals surface area contributed by atoms with E-state index < -0.39 is 0 Å². The number of aliphatic imine (C=N–C) groups is 1. The van der Waals surface area contributed by atoms with Crippen molar-refractivity contribution in [2.24, 2.45) is 10.7 Å². The number of para-hydroxylation sites is 1. The molecule has 1 aliphatic rings. The molecular weight excluding hydrogens is 429 g/mol. The number of rotatable bonds is 6. The van der Waals surface area contributed by atoms with Crippen molar-refractivity contribution >= 4 is 35.6 Å². The molecule has 1 aliphatic heterocycles. The number of nitrogens with two attached hydrogens (primary N) is 1. The summed E-state index contributed by atoms with van der Waals surface area (Å²) in [5.74, 6) is 1.43. The molecule has 0 bridgehead atoms. The first-order chi connectivity index (χ1) is 11.8. The molecule has 0 spiro atoms. The van der Waals surface area contributed by atoms with Crippen molar-refractivity contribution in [3.8, 4) is 5.75 Å². The van der Waals surface area contributed by atoms with Crippen molar-refractivity contribution < 1.29 is 9.47 Å². The number of anilines is 1. The van der Waals surface area contributed by atoms with Crippen LogP contribution in [-0.2, 0) is 24.2 Å². The number of methoxy groups -OCH3 is 1. The van der Waals surface area contributed by atoms with Crippen LogP contribution in [0.4, 0.5) is 5.69 Å². The van der Waals surface area contributed by atoms with Crippen molar-refractivity contribution in [3.05, 3.63) is 59.2 Å². The number of hydrogen-bond donors (Lipinski definition) is 2. The standard InChI is InChI=1S/C19H23N3O2.HI/c1-23-13-16-4-2-3-5-17(16)22-19(20)21-10-8-14-6-7-18-15(12-14)9-11-24-18;/h2-7,12H,8-11,13H2,1H3,(H3,20,21,22);1H. The number of hydrogen-bond acceptors (Lipinski definition) is 3. The van der Waals surface area contributed by atoms with Gasteiger partial charge in [-0.3, -0.25) is 4.99 Å². The van der Waals surface area contributed by atoms with Gasteiger partial charge in [0.15, 0.2) is 5.96 Å². The van der Waals surface area contributed by atoms with Crippen molar-refractivity contribution in [1.29, 1.82) is 0 Å². The van der Waals surface area contributed by atoms with Crippen molar-refractivity contribution in [2.75, 3.05) is 25.6 Å². The van der Waals surface area contributed by atoms with Crippen LogP contribution in [0, 0.1) is 0 Å². The Balaban J connectivity index is 0.00000225. The largest absolute Gasteiger partial charge is 0.493 e. The normalized spacial score (nSPS) is 12.9. The van der Waals surface area contributed by atoms with Crippen molar-refractivity contribution in [2.45, 2.75) is 19.4 Å². The SMILES string of the molecule is COCc1ccccc1NC(N)=NCCc1ccc2c(c1)CCO2.I. The number of guanidine groups is 1. The van der Waals surface area contributed by atoms with E-state index in [0.717, 1.165) is 36.4 Å². The topological polar surface area (TPSA) is 68.9 Å². The molecule has 0 amide bonds. The summed E-state index contributed by atoms with van der Waals surface area (Å²) in [6.07, 6.45) is 1.85. The van der Waals surface area contributed by atoms with Gasteiger partial charge in [0, 0.05) is 31.3 Å². The molecule has 2 aromatic carbocycles. The highest BCUT2D eigenvalue weighted by molar-refractivity contribution is 14.0. The Hall–Kier alpha value is -1.80. The van der Waals surface area contributed by atoms with E-state index in [-0.39, 0.29) is 24.0 Å². The van der Waals surface area contributed by atoms with Crippen LogP contribution in [0.2, 0.25) is 0 Å². The van der Waals surface area contributed by atoms with E-state index in [4.69, 9.17) is 15.2 Å². The molecule has 0 fully saturated rings. The number of ether oxygens (including phenoxy) is 2. The van der Waals surface area contributed by atoms with Gasteiger partial charge in [0.2, 0.25) is 0 Å². The van der Waals surface area contributed by atoms with Crippen LogP contribution in [-0.4, -0.2) is 26.2 Å². The molecule has 0 aliphatic carbocycles. The van der Waals surface area contributed by atoms with Gasteiger partial charge in [-0.2, -0.15) is 0 Å². The van der Waals surface area contributed by atoms with Crippen molar-refractivity contribution in [1.82, 2.24) is 0 Å². The number of halogens is 1. The predicted octanol–water partition coefficient (Wildman–Crippen LogP) is 3.36. The molecule has 5 nitrogen and oxygen atoms in total. The highest BCUT2D eigenvalue weighted by atomic mass is 127. The lowest BCUT2D eigenvalue weighted by Gasteiger charge is -2.11. The van der Waals surface area contributed by atoms with E-state index in [1.807, 2.05) is 30.3 Å². The smallest absolute Gasteiger partial charge is 0.193 e. The van der Waals surface area contributed by atoms with E-state index >= 15 is 0 Å². The fourth-order valence-corrected chi connectivity index (χ4v) is 2.80. The molecule has 6 heteroatoms. The molecular formula is C19H24IN3O2. The predicted molar refractivity (Wildman–Crippen MR) is 112 cm³/mol. The Morgan fingerprint density at radius 2 is 2.12 bits per heavy atom. The Morgan fingerprint density at radius 1 is 1.28 bits per heavy atom. The summed E-state index contributed by atoms with van der Waals surface area (Å²) in [6.45, 7) is 1.97. The number of benzene rings is 2. The van der Waals surface area contributed by atoms with Gasteiger partial charge in [-0.15, -0.1) is 24.0 Å². The van der Waals surface area contributed by atoms with Gasteiger partial charge < -0.3 is 20.5 Å². The summed E-state index contributed by atoms with van der Waals surface area (Å²) in [6, 6.07) is 14.3. The Morgan fingerprint density at radius 3 is 2.96 bits per heavy atom. The molecule has 0 radical (unpaired) electrons. The van der Waals surface area contributed by atoms with Gasteiger partial charge in [0.1, 0.15) is 5.75 Å². The molecule has 3 N–H and O–H groups in total. The molecule has 1 heterocycles. The zero-order valence-corrected chi connectivity index (χ0v) is 16.7. The van der Waals surface area contributed by atoms with Crippen LogP contribution in [0.25, 0.3) is 0 Å². The Labute approximate surface area is 165 Å². The van der Waals surface area contributed by atoms with Gasteiger partial charge in [-0.05, 0) is 29.7 Å². The van der Waals surface area contributed by atoms with Gasteiger partial charge in [-0.25, -0.2) is 0 Å². The summed E-state index contributed by atoms with van der Waals surface area (Å²) in [5.41, 5.74) is 10.5. The van der Waals surface area contributed by atoms with E-state index in [2.05, 4.69) is 22.4 Å². The second-order valence-electron chi connectivity index (χ2n) is 5.77. The monoisotopic (exact) mass is 453 g/mol. The maximum atomic E-state index is 6.00. The summed E-state index contributed by atoms with van der Waals surface area (Å²) in [4.78, 5) is 4.42. The number of nitrogens with zero attached hydrogens (tertiary/aromatic N) is 1. The minimum atomic E-state index is 0. The molecule has 25 heavy (non-hydrogen) atoms. The van der Waals surface area contributed by atoms with E-state index in [9.17, 15) is 0 Å². The quantitative estimate of drug-likeness (QED) is 0.400. The van der Waals surface area contributed by atoms with Crippen LogP contribution in [0.15, 0.2) is 47.5 Å². The average Bonchev–Trinajstić information content (AvgIpc) is 3.04. The number of fused-ring (bicyclic) bond motifs is 1. The van der Waals surface area contributed by atoms with Gasteiger partial charge in [0.05, 0.1) is 13.2 Å². The third-order valence-electron chi connectivity index (χ3n) is 4.02. The lowest BCUT2D eigenvalue weighted by Crippen LogP contribution is -2.23. The zero-order chi connectivity index (χ0) is 16.8. The molecule has 3 rings (SSSR count). The molecule has 2 aromatic rings. The first-order valence-electron chi connectivity index (χ1n) is 8.14. The van der Waals surface area contributed by atoms with E-state index in [1.165, 1.54) is 11.1 Å². The summed E-state index contributed by atoms with van der Waals surface area (Å²) < 4.78 is 10.7. The molecule has 0 saturated heterocycles. The van der Waals surface area contributed by atoms with Gasteiger partial charge in [0.25, 0.3) is 0 Å². The fourth-order valence-electron chi connectivity index (χ4n) is 2.80. The highest BCUT2D eigenvalue weighted by Crippen LogP contribution is 2.26. The highest BCUT2D eigenvalue weighted by Gasteiger charge is 2.11. The molecule has 0 unspecified atom stereocenters.